The minimum atomic E-state index is 0.00338. The van der Waals surface area contributed by atoms with E-state index in [1.165, 1.54) is 19.3 Å². The fourth-order valence-corrected chi connectivity index (χ4v) is 2.30. The first-order chi connectivity index (χ1) is 8.31. The Kier molecular flexibility index (Phi) is 3.96. The average molecular weight is 233 g/mol. The summed E-state index contributed by atoms with van der Waals surface area (Å²) < 4.78 is 0. The van der Waals surface area contributed by atoms with Crippen LogP contribution in [-0.4, -0.2) is 24.0 Å². The van der Waals surface area contributed by atoms with E-state index in [4.69, 9.17) is 0 Å². The van der Waals surface area contributed by atoms with E-state index < -0.39 is 0 Å². The van der Waals surface area contributed by atoms with Crippen LogP contribution in [0.5, 0.6) is 0 Å². The molecule has 1 amide bonds. The quantitative estimate of drug-likeness (QED) is 0.841. The lowest BCUT2D eigenvalue weighted by Gasteiger charge is -2.23. The molecule has 17 heavy (non-hydrogen) atoms. The van der Waals surface area contributed by atoms with Crippen molar-refractivity contribution in [3.05, 3.63) is 24.0 Å². The van der Waals surface area contributed by atoms with E-state index in [1.807, 2.05) is 0 Å². The van der Waals surface area contributed by atoms with Crippen molar-refractivity contribution >= 4 is 11.6 Å². The van der Waals surface area contributed by atoms with Gasteiger partial charge in [-0.25, -0.2) is 0 Å². The van der Waals surface area contributed by atoms with Crippen LogP contribution in [0.1, 0.15) is 42.5 Å². The first-order valence-electron chi connectivity index (χ1n) is 6.24. The summed E-state index contributed by atoms with van der Waals surface area (Å²) in [5.74, 6) is 0.00338. The number of hydrogen-bond acceptors (Lipinski definition) is 3. The number of aromatic nitrogens is 1. The average Bonchev–Trinajstić information content (AvgIpc) is 2.40. The van der Waals surface area contributed by atoms with E-state index >= 15 is 0 Å². The Balaban J connectivity index is 2.03. The summed E-state index contributed by atoms with van der Waals surface area (Å²) in [6.45, 7) is 0. The zero-order valence-corrected chi connectivity index (χ0v) is 10.2. The van der Waals surface area contributed by atoms with Crippen LogP contribution in [0.2, 0.25) is 0 Å². The molecule has 0 unspecified atom stereocenters. The molecule has 0 atom stereocenters. The largest absolute Gasteiger partial charge is 0.386 e. The molecule has 0 radical (unpaired) electrons. The van der Waals surface area contributed by atoms with Gasteiger partial charge in [-0.1, -0.05) is 19.3 Å². The molecule has 92 valence electrons. The van der Waals surface area contributed by atoms with Gasteiger partial charge in [0.25, 0.3) is 5.91 Å². The second-order valence-electron chi connectivity index (χ2n) is 4.48. The third-order valence-electron chi connectivity index (χ3n) is 3.28. The van der Waals surface area contributed by atoms with Crippen LogP contribution in [0, 0.1) is 0 Å². The number of hydrogen-bond donors (Lipinski definition) is 2. The fourth-order valence-electron chi connectivity index (χ4n) is 2.30. The van der Waals surface area contributed by atoms with E-state index in [1.54, 1.807) is 25.5 Å². The van der Waals surface area contributed by atoms with Crippen LogP contribution in [-0.2, 0) is 0 Å². The van der Waals surface area contributed by atoms with Crippen LogP contribution in [0.4, 0.5) is 5.69 Å². The van der Waals surface area contributed by atoms with Gasteiger partial charge in [-0.2, -0.15) is 0 Å². The zero-order chi connectivity index (χ0) is 12.1. The fraction of sp³-hybridized carbons (Fsp3) is 0.538. The first kappa shape index (κ1) is 11.9. The van der Waals surface area contributed by atoms with Gasteiger partial charge in [-0.15, -0.1) is 0 Å². The monoisotopic (exact) mass is 233 g/mol. The molecule has 0 spiro atoms. The molecule has 1 aliphatic carbocycles. The van der Waals surface area contributed by atoms with Crippen molar-refractivity contribution in [1.29, 1.82) is 0 Å². The van der Waals surface area contributed by atoms with Crippen molar-refractivity contribution in [2.24, 2.45) is 0 Å². The predicted octanol–water partition coefficient (Wildman–Crippen LogP) is 2.19. The van der Waals surface area contributed by atoms with Crippen LogP contribution < -0.4 is 10.6 Å². The van der Waals surface area contributed by atoms with Gasteiger partial charge >= 0.3 is 0 Å². The Bertz CT molecular complexity index is 386. The third kappa shape index (κ3) is 2.96. The van der Waals surface area contributed by atoms with Gasteiger partial charge in [0, 0.05) is 19.3 Å². The van der Waals surface area contributed by atoms with E-state index in [2.05, 4.69) is 15.6 Å². The number of carbonyl (C=O) groups excluding carboxylic acids is 1. The summed E-state index contributed by atoms with van der Waals surface area (Å²) in [4.78, 5) is 16.1. The van der Waals surface area contributed by atoms with Gasteiger partial charge in [0.2, 0.25) is 0 Å². The van der Waals surface area contributed by atoms with Gasteiger partial charge in [-0.3, -0.25) is 9.78 Å². The zero-order valence-electron chi connectivity index (χ0n) is 10.2. The molecular formula is C13H19N3O. The lowest BCUT2D eigenvalue weighted by atomic mass is 9.95. The Labute approximate surface area is 102 Å². The van der Waals surface area contributed by atoms with Crippen molar-refractivity contribution in [3.8, 4) is 0 Å². The molecular weight excluding hydrogens is 214 g/mol. The highest BCUT2D eigenvalue weighted by Crippen LogP contribution is 2.19. The molecule has 1 aromatic rings. The molecule has 0 aliphatic heterocycles. The summed E-state index contributed by atoms with van der Waals surface area (Å²) in [6, 6.07) is 2.10. The molecule has 1 heterocycles. The Morgan fingerprint density at radius 3 is 2.82 bits per heavy atom. The first-order valence-corrected chi connectivity index (χ1v) is 6.24. The molecule has 1 fully saturated rings. The number of pyridine rings is 1. The highest BCUT2D eigenvalue weighted by atomic mass is 16.1. The second kappa shape index (κ2) is 5.66. The third-order valence-corrected chi connectivity index (χ3v) is 3.28. The smallest absolute Gasteiger partial charge is 0.253 e. The van der Waals surface area contributed by atoms with Gasteiger partial charge in [0.1, 0.15) is 0 Å². The molecule has 4 heteroatoms. The molecule has 0 aromatic carbocycles. The van der Waals surface area contributed by atoms with Crippen molar-refractivity contribution in [3.63, 3.8) is 0 Å². The molecule has 2 N–H and O–H groups in total. The van der Waals surface area contributed by atoms with Crippen molar-refractivity contribution in [2.75, 3.05) is 12.4 Å². The van der Waals surface area contributed by atoms with Crippen LogP contribution >= 0.6 is 0 Å². The highest BCUT2D eigenvalue weighted by Gasteiger charge is 2.18. The summed E-state index contributed by atoms with van der Waals surface area (Å²) in [7, 11) is 1.80. The SMILES string of the molecule is CNc1cnccc1C(=O)NC1CCCCC1. The van der Waals surface area contributed by atoms with Gasteiger partial charge in [-0.05, 0) is 18.9 Å². The molecule has 1 saturated carbocycles. The maximum Gasteiger partial charge on any atom is 0.253 e. The van der Waals surface area contributed by atoms with E-state index in [0.717, 1.165) is 18.5 Å². The lowest BCUT2D eigenvalue weighted by Crippen LogP contribution is -2.36. The molecule has 1 aromatic heterocycles. The van der Waals surface area contributed by atoms with Gasteiger partial charge in [0.05, 0.1) is 17.4 Å². The minimum Gasteiger partial charge on any atom is -0.386 e. The summed E-state index contributed by atoms with van der Waals surface area (Å²) in [5, 5.41) is 6.09. The number of rotatable bonds is 3. The van der Waals surface area contributed by atoms with E-state index in [0.29, 0.717) is 11.6 Å². The van der Waals surface area contributed by atoms with Crippen molar-refractivity contribution < 1.29 is 4.79 Å². The molecule has 4 nitrogen and oxygen atoms in total. The summed E-state index contributed by atoms with van der Waals surface area (Å²) in [6.07, 6.45) is 9.27. The van der Waals surface area contributed by atoms with Crippen LogP contribution in [0.25, 0.3) is 0 Å². The lowest BCUT2D eigenvalue weighted by molar-refractivity contribution is 0.0928. The maximum atomic E-state index is 12.1. The number of carbonyl (C=O) groups is 1. The van der Waals surface area contributed by atoms with Crippen LogP contribution in [0.15, 0.2) is 18.5 Å². The Hall–Kier alpha value is -1.58. The minimum absolute atomic E-state index is 0.00338. The summed E-state index contributed by atoms with van der Waals surface area (Å²) in [5.41, 5.74) is 1.45. The standard InChI is InChI=1S/C13H19N3O/c1-14-12-9-15-8-7-11(12)13(17)16-10-5-3-2-4-6-10/h7-10,14H,2-6H2,1H3,(H,16,17). The van der Waals surface area contributed by atoms with Crippen LogP contribution in [0.3, 0.4) is 0 Å². The van der Waals surface area contributed by atoms with Gasteiger partial charge in [0.15, 0.2) is 0 Å². The van der Waals surface area contributed by atoms with Crippen molar-refractivity contribution in [2.45, 2.75) is 38.1 Å². The molecule has 0 saturated heterocycles. The van der Waals surface area contributed by atoms with Crippen molar-refractivity contribution in [1.82, 2.24) is 10.3 Å². The highest BCUT2D eigenvalue weighted by molar-refractivity contribution is 5.99. The maximum absolute atomic E-state index is 12.1. The number of amides is 1. The van der Waals surface area contributed by atoms with E-state index in [9.17, 15) is 4.79 Å². The normalized spacial score (nSPS) is 16.5. The molecule has 1 aliphatic rings. The summed E-state index contributed by atoms with van der Waals surface area (Å²) >= 11 is 0. The topological polar surface area (TPSA) is 54.0 Å². The number of anilines is 1. The van der Waals surface area contributed by atoms with E-state index in [-0.39, 0.29) is 5.91 Å². The number of nitrogens with zero attached hydrogens (tertiary/aromatic N) is 1. The molecule has 0 bridgehead atoms. The molecule has 2 rings (SSSR count). The number of nitrogens with one attached hydrogen (secondary N) is 2. The Morgan fingerprint density at radius 2 is 2.12 bits per heavy atom. The Morgan fingerprint density at radius 1 is 1.35 bits per heavy atom. The van der Waals surface area contributed by atoms with Gasteiger partial charge < -0.3 is 10.6 Å². The predicted molar refractivity (Wildman–Crippen MR) is 68.1 cm³/mol. The second-order valence-corrected chi connectivity index (χ2v) is 4.48.